The van der Waals surface area contributed by atoms with Gasteiger partial charge in [-0.3, -0.25) is 9.69 Å². The molecule has 3 N–H and O–H groups in total. The maximum absolute atomic E-state index is 12.2. The molecule has 0 radical (unpaired) electrons. The average molecular weight is 381 g/mol. The number of nitrogens with zero attached hydrogens (tertiary/aromatic N) is 2. The Hall–Kier alpha value is -3.06. The normalized spacial score (nSPS) is 14.4. The van der Waals surface area contributed by atoms with Crippen LogP contribution in [0.3, 0.4) is 0 Å². The number of fused-ring (bicyclic) bond motifs is 1. The number of H-pyrrole nitrogens is 1. The van der Waals surface area contributed by atoms with Crippen LogP contribution in [-0.4, -0.2) is 43.7 Å². The van der Waals surface area contributed by atoms with Crippen molar-refractivity contribution in [3.63, 3.8) is 0 Å². The van der Waals surface area contributed by atoms with Crippen LogP contribution in [0.4, 0.5) is 0 Å². The fourth-order valence-corrected chi connectivity index (χ4v) is 3.90. The second-order valence-electron chi connectivity index (χ2n) is 7.29. The molecule has 0 amide bonds. The highest BCUT2D eigenvalue weighted by Gasteiger charge is 2.22. The SMILES string of the molecule is CCc1c(-c2ccc3c(c2)cc(CN2CCC2)n3C)[nH]c(=O)c(C(=O)O)c1O. The molecule has 7 nitrogen and oxygen atoms in total. The first-order chi connectivity index (χ1) is 13.4. The Labute approximate surface area is 161 Å². The maximum Gasteiger partial charge on any atom is 0.345 e. The van der Waals surface area contributed by atoms with Crippen LogP contribution in [0, 0.1) is 0 Å². The van der Waals surface area contributed by atoms with Gasteiger partial charge in [-0.2, -0.15) is 0 Å². The van der Waals surface area contributed by atoms with Gasteiger partial charge >= 0.3 is 5.97 Å². The second kappa shape index (κ2) is 6.83. The number of aromatic amines is 1. The molecule has 1 aliphatic rings. The fourth-order valence-electron chi connectivity index (χ4n) is 3.90. The lowest BCUT2D eigenvalue weighted by atomic mass is 9.99. The highest BCUT2D eigenvalue weighted by atomic mass is 16.4. The van der Waals surface area contributed by atoms with Gasteiger partial charge in [-0.15, -0.1) is 0 Å². The van der Waals surface area contributed by atoms with Crippen molar-refractivity contribution in [2.24, 2.45) is 7.05 Å². The summed E-state index contributed by atoms with van der Waals surface area (Å²) in [5.41, 5.74) is 2.53. The van der Waals surface area contributed by atoms with Gasteiger partial charge in [-0.05, 0) is 49.7 Å². The topological polar surface area (TPSA) is 98.6 Å². The van der Waals surface area contributed by atoms with Gasteiger partial charge in [0.25, 0.3) is 5.56 Å². The molecule has 4 rings (SSSR count). The minimum atomic E-state index is -1.44. The number of carbonyl (C=O) groups is 1. The zero-order valence-corrected chi connectivity index (χ0v) is 16.0. The third-order valence-electron chi connectivity index (χ3n) is 5.62. The molecule has 28 heavy (non-hydrogen) atoms. The van der Waals surface area contributed by atoms with E-state index in [-0.39, 0.29) is 0 Å². The summed E-state index contributed by atoms with van der Waals surface area (Å²) in [4.78, 5) is 28.6. The number of rotatable bonds is 5. The van der Waals surface area contributed by atoms with Crippen LogP contribution in [-0.2, 0) is 20.0 Å². The van der Waals surface area contributed by atoms with E-state index in [1.165, 1.54) is 12.1 Å². The lowest BCUT2D eigenvalue weighted by molar-refractivity contribution is 0.0691. The fraction of sp³-hybridized carbons (Fsp3) is 0.333. The maximum atomic E-state index is 12.2. The standard InChI is InChI=1S/C21H23N3O4/c1-3-15-18(22-20(26)17(19(15)25)21(27)28)12-5-6-16-13(9-12)10-14(23(16)2)11-24-7-4-8-24/h5-6,9-10H,3-4,7-8,11H2,1-2H3,(H,27,28)(H2,22,25,26). The molecule has 7 heteroatoms. The molecule has 2 aromatic heterocycles. The summed E-state index contributed by atoms with van der Waals surface area (Å²) in [6, 6.07) is 8.00. The second-order valence-corrected chi connectivity index (χ2v) is 7.29. The van der Waals surface area contributed by atoms with E-state index in [4.69, 9.17) is 0 Å². The molecule has 0 spiro atoms. The van der Waals surface area contributed by atoms with Crippen LogP contribution in [0.1, 0.15) is 35.0 Å². The van der Waals surface area contributed by atoms with Crippen molar-refractivity contribution in [2.75, 3.05) is 13.1 Å². The summed E-state index contributed by atoms with van der Waals surface area (Å²) in [5.74, 6) is -1.89. The molecule has 146 valence electrons. The van der Waals surface area contributed by atoms with Gasteiger partial charge in [0, 0.05) is 35.8 Å². The molecule has 0 aliphatic carbocycles. The molecule has 0 saturated carbocycles. The lowest BCUT2D eigenvalue weighted by Gasteiger charge is -2.30. The Morgan fingerprint density at radius 1 is 1.25 bits per heavy atom. The van der Waals surface area contributed by atoms with E-state index in [9.17, 15) is 19.8 Å². The van der Waals surface area contributed by atoms with Gasteiger partial charge < -0.3 is 19.8 Å². The molecule has 0 bridgehead atoms. The number of carboxylic acid groups (broad SMARTS) is 1. The summed E-state index contributed by atoms with van der Waals surface area (Å²) in [6.07, 6.45) is 1.64. The third kappa shape index (κ3) is 2.88. The molecule has 1 saturated heterocycles. The van der Waals surface area contributed by atoms with Crippen molar-refractivity contribution >= 4 is 16.9 Å². The van der Waals surface area contributed by atoms with Crippen LogP contribution in [0.25, 0.3) is 22.2 Å². The number of aryl methyl sites for hydroxylation is 1. The van der Waals surface area contributed by atoms with Crippen LogP contribution in [0.2, 0.25) is 0 Å². The van der Waals surface area contributed by atoms with E-state index in [0.717, 1.165) is 36.1 Å². The van der Waals surface area contributed by atoms with Crippen molar-refractivity contribution < 1.29 is 15.0 Å². The minimum Gasteiger partial charge on any atom is -0.506 e. The quantitative estimate of drug-likeness (QED) is 0.631. The number of aromatic hydroxyl groups is 1. The predicted octanol–water partition coefficient (Wildman–Crippen LogP) is 2.71. The Balaban J connectivity index is 1.83. The Bertz CT molecular complexity index is 1140. The van der Waals surface area contributed by atoms with Gasteiger partial charge in [0.2, 0.25) is 0 Å². The van der Waals surface area contributed by atoms with Crippen molar-refractivity contribution in [1.29, 1.82) is 0 Å². The number of carboxylic acids is 1. The van der Waals surface area contributed by atoms with E-state index < -0.39 is 22.8 Å². The van der Waals surface area contributed by atoms with E-state index in [0.29, 0.717) is 17.7 Å². The van der Waals surface area contributed by atoms with E-state index in [1.807, 2.05) is 32.2 Å². The smallest absolute Gasteiger partial charge is 0.345 e. The number of aromatic nitrogens is 2. The zero-order chi connectivity index (χ0) is 20.0. The Morgan fingerprint density at radius 3 is 2.61 bits per heavy atom. The molecular formula is C21H23N3O4. The van der Waals surface area contributed by atoms with Crippen LogP contribution in [0.15, 0.2) is 29.1 Å². The van der Waals surface area contributed by atoms with Crippen molar-refractivity contribution in [1.82, 2.24) is 14.5 Å². The summed E-state index contributed by atoms with van der Waals surface area (Å²) in [6.45, 7) is 4.98. The molecule has 3 aromatic rings. The molecule has 1 fully saturated rings. The van der Waals surface area contributed by atoms with Crippen LogP contribution in [0.5, 0.6) is 5.75 Å². The lowest BCUT2D eigenvalue weighted by Crippen LogP contribution is -2.36. The summed E-state index contributed by atoms with van der Waals surface area (Å²) >= 11 is 0. The van der Waals surface area contributed by atoms with Crippen molar-refractivity contribution in [2.45, 2.75) is 26.3 Å². The van der Waals surface area contributed by atoms with Gasteiger partial charge in [-0.1, -0.05) is 13.0 Å². The van der Waals surface area contributed by atoms with E-state index >= 15 is 0 Å². The molecule has 3 heterocycles. The average Bonchev–Trinajstić information content (AvgIpc) is 2.92. The number of aromatic carboxylic acids is 1. The van der Waals surface area contributed by atoms with E-state index in [1.54, 1.807) is 0 Å². The monoisotopic (exact) mass is 381 g/mol. The largest absolute Gasteiger partial charge is 0.506 e. The van der Waals surface area contributed by atoms with E-state index in [2.05, 4.69) is 20.5 Å². The Kier molecular flexibility index (Phi) is 4.47. The zero-order valence-electron chi connectivity index (χ0n) is 16.0. The van der Waals surface area contributed by atoms with Gasteiger partial charge in [-0.25, -0.2) is 4.79 Å². The van der Waals surface area contributed by atoms with Gasteiger partial charge in [0.1, 0.15) is 5.75 Å². The number of nitrogens with one attached hydrogen (secondary N) is 1. The summed E-state index contributed by atoms with van der Waals surface area (Å²) in [5, 5.41) is 20.6. The van der Waals surface area contributed by atoms with Gasteiger partial charge in [0.05, 0.1) is 5.69 Å². The third-order valence-corrected chi connectivity index (χ3v) is 5.62. The van der Waals surface area contributed by atoms with Crippen LogP contribution >= 0.6 is 0 Å². The first-order valence-electron chi connectivity index (χ1n) is 9.43. The molecule has 1 aromatic carbocycles. The molecule has 0 unspecified atom stereocenters. The number of hydrogen-bond acceptors (Lipinski definition) is 4. The summed E-state index contributed by atoms with van der Waals surface area (Å²) in [7, 11) is 2.05. The van der Waals surface area contributed by atoms with Crippen molar-refractivity contribution in [3.05, 3.63) is 51.4 Å². The van der Waals surface area contributed by atoms with Crippen LogP contribution < -0.4 is 5.56 Å². The highest BCUT2D eigenvalue weighted by molar-refractivity contribution is 5.92. The minimum absolute atomic E-state index is 0.394. The highest BCUT2D eigenvalue weighted by Crippen LogP contribution is 2.32. The number of benzene rings is 1. The van der Waals surface area contributed by atoms with Crippen molar-refractivity contribution in [3.8, 4) is 17.0 Å². The molecule has 1 aliphatic heterocycles. The predicted molar refractivity (Wildman–Crippen MR) is 107 cm³/mol. The number of likely N-dealkylation sites (tertiary alicyclic amines) is 1. The Morgan fingerprint density at radius 2 is 2.00 bits per heavy atom. The number of pyridine rings is 1. The first kappa shape index (κ1) is 18.3. The summed E-state index contributed by atoms with van der Waals surface area (Å²) < 4.78 is 2.17. The molecular weight excluding hydrogens is 358 g/mol. The first-order valence-corrected chi connectivity index (χ1v) is 9.43. The number of hydrogen-bond donors (Lipinski definition) is 3. The molecule has 0 atom stereocenters. The van der Waals surface area contributed by atoms with Gasteiger partial charge in [0.15, 0.2) is 5.56 Å².